The van der Waals surface area contributed by atoms with Gasteiger partial charge in [0, 0.05) is 11.9 Å². The topological polar surface area (TPSA) is 17.8 Å². The van der Waals surface area contributed by atoms with Crippen LogP contribution in [0, 0.1) is 12.8 Å². The van der Waals surface area contributed by atoms with Crippen molar-refractivity contribution in [2.75, 3.05) is 0 Å². The Kier molecular flexibility index (Phi) is 4.19. The lowest BCUT2D eigenvalue weighted by molar-refractivity contribution is 0.548. The summed E-state index contributed by atoms with van der Waals surface area (Å²) in [7, 11) is 2.00. The van der Waals surface area contributed by atoms with E-state index in [1.807, 2.05) is 18.7 Å². The van der Waals surface area contributed by atoms with E-state index in [0.29, 0.717) is 10.7 Å². The third kappa shape index (κ3) is 2.60. The summed E-state index contributed by atoms with van der Waals surface area (Å²) in [6.07, 6.45) is 1.05. The number of alkyl halides is 1. The summed E-state index contributed by atoms with van der Waals surface area (Å²) in [6.45, 7) is 6.45. The summed E-state index contributed by atoms with van der Waals surface area (Å²) in [5.74, 6) is 0.612. The first kappa shape index (κ1) is 12.2. The van der Waals surface area contributed by atoms with E-state index in [2.05, 4.69) is 50.8 Å². The fourth-order valence-corrected chi connectivity index (χ4v) is 2.05. The molecule has 0 saturated heterocycles. The SMILES string of the molecule is Cc1nn(C)c(CC(C)C(C)Br)c1Br. The van der Waals surface area contributed by atoms with Gasteiger partial charge in [-0.1, -0.05) is 29.8 Å². The summed E-state index contributed by atoms with van der Waals surface area (Å²) in [6, 6.07) is 0. The zero-order chi connectivity index (χ0) is 10.9. The van der Waals surface area contributed by atoms with E-state index in [0.717, 1.165) is 16.6 Å². The number of hydrogen-bond donors (Lipinski definition) is 0. The summed E-state index contributed by atoms with van der Waals surface area (Å²) in [4.78, 5) is 0.532. The van der Waals surface area contributed by atoms with Crippen molar-refractivity contribution in [3.05, 3.63) is 15.9 Å². The minimum Gasteiger partial charge on any atom is -0.271 e. The van der Waals surface area contributed by atoms with Crippen molar-refractivity contribution in [2.24, 2.45) is 13.0 Å². The third-order valence-corrected chi connectivity index (χ3v) is 4.50. The Hall–Kier alpha value is 0.170. The Morgan fingerprint density at radius 3 is 2.36 bits per heavy atom. The molecule has 2 atom stereocenters. The maximum Gasteiger partial charge on any atom is 0.0738 e. The molecular weight excluding hydrogens is 308 g/mol. The van der Waals surface area contributed by atoms with Gasteiger partial charge in [0.1, 0.15) is 0 Å². The summed E-state index contributed by atoms with van der Waals surface area (Å²) >= 11 is 7.19. The molecule has 1 rings (SSSR count). The number of rotatable bonds is 3. The van der Waals surface area contributed by atoms with Gasteiger partial charge < -0.3 is 0 Å². The van der Waals surface area contributed by atoms with Crippen LogP contribution >= 0.6 is 31.9 Å². The van der Waals surface area contributed by atoms with Crippen LogP contribution in [0.3, 0.4) is 0 Å². The molecule has 0 bridgehead atoms. The highest BCUT2D eigenvalue weighted by Crippen LogP contribution is 2.25. The molecule has 0 fully saturated rings. The van der Waals surface area contributed by atoms with Gasteiger partial charge >= 0.3 is 0 Å². The van der Waals surface area contributed by atoms with Crippen molar-refractivity contribution in [1.29, 1.82) is 0 Å². The lowest BCUT2D eigenvalue weighted by Gasteiger charge is -2.14. The number of aromatic nitrogens is 2. The molecule has 0 N–H and O–H groups in total. The Bertz CT molecular complexity index is 318. The summed E-state index contributed by atoms with van der Waals surface area (Å²) in [5, 5.41) is 4.38. The quantitative estimate of drug-likeness (QED) is 0.779. The minimum atomic E-state index is 0.532. The summed E-state index contributed by atoms with van der Waals surface area (Å²) in [5.41, 5.74) is 2.35. The molecule has 0 aliphatic rings. The molecular formula is C10H16Br2N2. The highest BCUT2D eigenvalue weighted by molar-refractivity contribution is 9.10. The van der Waals surface area contributed by atoms with Crippen LogP contribution in [0.2, 0.25) is 0 Å². The normalized spacial score (nSPS) is 15.6. The summed E-state index contributed by atoms with van der Waals surface area (Å²) < 4.78 is 3.12. The van der Waals surface area contributed by atoms with Crippen molar-refractivity contribution < 1.29 is 0 Å². The van der Waals surface area contributed by atoms with Crippen LogP contribution in [0.1, 0.15) is 25.2 Å². The first-order valence-electron chi connectivity index (χ1n) is 4.75. The van der Waals surface area contributed by atoms with Gasteiger partial charge in [-0.25, -0.2) is 0 Å². The monoisotopic (exact) mass is 322 g/mol. The van der Waals surface area contributed by atoms with Crippen molar-refractivity contribution in [2.45, 2.75) is 32.0 Å². The molecule has 0 radical (unpaired) electrons. The lowest BCUT2D eigenvalue weighted by atomic mass is 10.0. The molecule has 1 aromatic rings. The van der Waals surface area contributed by atoms with Gasteiger partial charge in [-0.2, -0.15) is 5.10 Å². The maximum absolute atomic E-state index is 4.38. The molecule has 0 aromatic carbocycles. The van der Waals surface area contributed by atoms with Gasteiger partial charge in [-0.15, -0.1) is 0 Å². The van der Waals surface area contributed by atoms with E-state index in [1.165, 1.54) is 5.69 Å². The molecule has 0 aliphatic heterocycles. The number of halogens is 2. The maximum atomic E-state index is 4.38. The Labute approximate surface area is 102 Å². The standard InChI is InChI=1S/C10H16Br2N2/c1-6(7(2)11)5-9-10(12)8(3)13-14(9)4/h6-7H,5H2,1-4H3. The van der Waals surface area contributed by atoms with E-state index >= 15 is 0 Å². The lowest BCUT2D eigenvalue weighted by Crippen LogP contribution is -2.12. The van der Waals surface area contributed by atoms with Gasteiger partial charge in [0.25, 0.3) is 0 Å². The molecule has 0 amide bonds. The second-order valence-corrected chi connectivity index (χ2v) is 6.07. The number of nitrogens with zero attached hydrogens (tertiary/aromatic N) is 2. The van der Waals surface area contributed by atoms with Crippen LogP contribution in [-0.2, 0) is 13.5 Å². The smallest absolute Gasteiger partial charge is 0.0738 e. The highest BCUT2D eigenvalue weighted by atomic mass is 79.9. The van der Waals surface area contributed by atoms with Gasteiger partial charge in [-0.3, -0.25) is 4.68 Å². The first-order valence-corrected chi connectivity index (χ1v) is 6.46. The van der Waals surface area contributed by atoms with Crippen LogP contribution in [0.15, 0.2) is 4.47 Å². The fourth-order valence-electron chi connectivity index (χ4n) is 1.37. The van der Waals surface area contributed by atoms with E-state index < -0.39 is 0 Å². The minimum absolute atomic E-state index is 0.532. The molecule has 2 nitrogen and oxygen atoms in total. The van der Waals surface area contributed by atoms with Gasteiger partial charge in [0.15, 0.2) is 0 Å². The van der Waals surface area contributed by atoms with E-state index in [-0.39, 0.29) is 0 Å². The van der Waals surface area contributed by atoms with Crippen LogP contribution < -0.4 is 0 Å². The zero-order valence-electron chi connectivity index (χ0n) is 9.01. The highest BCUT2D eigenvalue weighted by Gasteiger charge is 2.16. The second kappa shape index (κ2) is 4.79. The molecule has 0 aliphatic carbocycles. The van der Waals surface area contributed by atoms with Crippen LogP contribution in [-0.4, -0.2) is 14.6 Å². The van der Waals surface area contributed by atoms with Gasteiger partial charge in [0.05, 0.1) is 15.9 Å². The van der Waals surface area contributed by atoms with Crippen LogP contribution in [0.25, 0.3) is 0 Å². The number of aryl methyl sites for hydroxylation is 2. The molecule has 0 saturated carbocycles. The first-order chi connectivity index (χ1) is 6.43. The molecule has 80 valence electrons. The van der Waals surface area contributed by atoms with Crippen molar-refractivity contribution in [1.82, 2.24) is 9.78 Å². The average molecular weight is 324 g/mol. The average Bonchev–Trinajstić information content (AvgIpc) is 2.32. The second-order valence-electron chi connectivity index (χ2n) is 3.83. The Morgan fingerprint density at radius 2 is 2.00 bits per heavy atom. The zero-order valence-corrected chi connectivity index (χ0v) is 12.2. The van der Waals surface area contributed by atoms with E-state index in [4.69, 9.17) is 0 Å². The number of hydrogen-bond acceptors (Lipinski definition) is 1. The molecule has 14 heavy (non-hydrogen) atoms. The molecule has 0 spiro atoms. The Balaban J connectivity index is 2.86. The van der Waals surface area contributed by atoms with Crippen LogP contribution in [0.4, 0.5) is 0 Å². The van der Waals surface area contributed by atoms with Crippen molar-refractivity contribution in [3.8, 4) is 0 Å². The van der Waals surface area contributed by atoms with E-state index in [1.54, 1.807) is 0 Å². The molecule has 1 aromatic heterocycles. The molecule has 1 heterocycles. The third-order valence-electron chi connectivity index (χ3n) is 2.56. The molecule has 2 unspecified atom stereocenters. The van der Waals surface area contributed by atoms with Crippen molar-refractivity contribution in [3.63, 3.8) is 0 Å². The predicted octanol–water partition coefficient (Wildman–Crippen LogP) is 3.45. The van der Waals surface area contributed by atoms with Crippen LogP contribution in [0.5, 0.6) is 0 Å². The van der Waals surface area contributed by atoms with Crippen molar-refractivity contribution >= 4 is 31.9 Å². The Morgan fingerprint density at radius 1 is 1.43 bits per heavy atom. The largest absolute Gasteiger partial charge is 0.271 e. The molecule has 4 heteroatoms. The van der Waals surface area contributed by atoms with Gasteiger partial charge in [-0.05, 0) is 35.2 Å². The van der Waals surface area contributed by atoms with E-state index in [9.17, 15) is 0 Å². The predicted molar refractivity (Wildman–Crippen MR) is 66.9 cm³/mol. The van der Waals surface area contributed by atoms with Gasteiger partial charge in [0.2, 0.25) is 0 Å². The fraction of sp³-hybridized carbons (Fsp3) is 0.700.